The van der Waals surface area contributed by atoms with Crippen LogP contribution in [0.3, 0.4) is 0 Å². The maximum Gasteiger partial charge on any atom is 0.251 e. The summed E-state index contributed by atoms with van der Waals surface area (Å²) in [6.45, 7) is 3.77. The molecule has 2 aromatic rings. The second kappa shape index (κ2) is 12.7. The minimum Gasteiger partial charge on any atom is -0.489 e. The summed E-state index contributed by atoms with van der Waals surface area (Å²) in [5, 5.41) is 8.80. The minimum absolute atomic E-state index is 0.0144. The molecule has 2 aromatic carbocycles. The van der Waals surface area contributed by atoms with E-state index in [0.717, 1.165) is 25.7 Å². The molecule has 0 bridgehead atoms. The van der Waals surface area contributed by atoms with Crippen molar-refractivity contribution in [3.63, 3.8) is 0 Å². The third-order valence-electron chi connectivity index (χ3n) is 6.28. The highest BCUT2D eigenvalue weighted by molar-refractivity contribution is 6.32. The number of carbonyl (C=O) groups excluding carboxylic acids is 3. The van der Waals surface area contributed by atoms with Crippen LogP contribution in [0.15, 0.2) is 42.5 Å². The molecular formula is C27H33ClFN3O4. The Labute approximate surface area is 216 Å². The molecule has 7 nitrogen and oxygen atoms in total. The number of rotatable bonds is 9. The van der Waals surface area contributed by atoms with Crippen molar-refractivity contribution >= 4 is 29.3 Å². The Bertz CT molecular complexity index is 1070. The van der Waals surface area contributed by atoms with Gasteiger partial charge in [0.25, 0.3) is 11.8 Å². The maximum absolute atomic E-state index is 13.1. The molecule has 3 rings (SSSR count). The first-order chi connectivity index (χ1) is 17.2. The number of ether oxygens (including phenoxy) is 1. The highest BCUT2D eigenvalue weighted by Gasteiger charge is 2.29. The summed E-state index contributed by atoms with van der Waals surface area (Å²) in [6, 6.07) is 9.58. The van der Waals surface area contributed by atoms with Gasteiger partial charge in [-0.3, -0.25) is 14.4 Å². The van der Waals surface area contributed by atoms with Crippen molar-refractivity contribution < 1.29 is 23.5 Å². The quantitative estimate of drug-likeness (QED) is 0.456. The first-order valence-electron chi connectivity index (χ1n) is 12.2. The van der Waals surface area contributed by atoms with Gasteiger partial charge in [0.05, 0.1) is 11.1 Å². The smallest absolute Gasteiger partial charge is 0.251 e. The van der Waals surface area contributed by atoms with Gasteiger partial charge < -0.3 is 20.7 Å². The Morgan fingerprint density at radius 1 is 1.00 bits per heavy atom. The van der Waals surface area contributed by atoms with Crippen molar-refractivity contribution in [3.05, 3.63) is 64.4 Å². The van der Waals surface area contributed by atoms with Crippen LogP contribution in [0.4, 0.5) is 4.39 Å². The first-order valence-corrected chi connectivity index (χ1v) is 12.6. The summed E-state index contributed by atoms with van der Waals surface area (Å²) < 4.78 is 18.7. The topological polar surface area (TPSA) is 96.5 Å². The second-order valence-corrected chi connectivity index (χ2v) is 9.79. The molecule has 0 heterocycles. The van der Waals surface area contributed by atoms with E-state index in [4.69, 9.17) is 16.3 Å². The van der Waals surface area contributed by atoms with Crippen LogP contribution in [-0.4, -0.2) is 43.0 Å². The number of carbonyl (C=O) groups is 3. The van der Waals surface area contributed by atoms with Crippen molar-refractivity contribution in [3.8, 4) is 5.75 Å². The minimum atomic E-state index is -0.691. The Morgan fingerprint density at radius 3 is 2.22 bits per heavy atom. The van der Waals surface area contributed by atoms with E-state index in [1.807, 2.05) is 13.8 Å². The number of halogens is 2. The van der Waals surface area contributed by atoms with Crippen LogP contribution in [0.25, 0.3) is 0 Å². The molecule has 194 valence electrons. The van der Waals surface area contributed by atoms with Gasteiger partial charge in [-0.15, -0.1) is 0 Å². The number of amides is 3. The van der Waals surface area contributed by atoms with E-state index in [1.54, 1.807) is 12.1 Å². The zero-order chi connectivity index (χ0) is 26.2. The van der Waals surface area contributed by atoms with Gasteiger partial charge in [-0.1, -0.05) is 11.6 Å². The highest BCUT2D eigenvalue weighted by Crippen LogP contribution is 2.29. The van der Waals surface area contributed by atoms with Crippen LogP contribution in [0.2, 0.25) is 5.02 Å². The lowest BCUT2D eigenvalue weighted by Gasteiger charge is -2.31. The fraction of sp³-hybridized carbons (Fsp3) is 0.444. The number of likely N-dealkylation sites (N-methyl/N-ethyl adjacent to an activating group) is 1. The molecule has 36 heavy (non-hydrogen) atoms. The molecule has 1 fully saturated rings. The lowest BCUT2D eigenvalue weighted by atomic mass is 9.82. The van der Waals surface area contributed by atoms with Crippen molar-refractivity contribution in [2.24, 2.45) is 5.92 Å². The second-order valence-electron chi connectivity index (χ2n) is 9.39. The molecule has 1 aliphatic rings. The van der Waals surface area contributed by atoms with Crippen molar-refractivity contribution in [2.75, 3.05) is 7.05 Å². The van der Waals surface area contributed by atoms with Gasteiger partial charge in [0, 0.05) is 24.2 Å². The zero-order valence-corrected chi connectivity index (χ0v) is 21.5. The fourth-order valence-corrected chi connectivity index (χ4v) is 4.61. The molecule has 0 saturated heterocycles. The van der Waals surface area contributed by atoms with Crippen LogP contribution in [0.5, 0.6) is 5.75 Å². The van der Waals surface area contributed by atoms with E-state index in [-0.39, 0.29) is 41.6 Å². The molecule has 3 N–H and O–H groups in total. The summed E-state index contributed by atoms with van der Waals surface area (Å²) in [5.74, 6) is -0.545. The van der Waals surface area contributed by atoms with E-state index in [1.165, 1.54) is 37.4 Å². The Balaban J connectivity index is 1.54. The molecule has 0 spiro atoms. The predicted octanol–water partition coefficient (Wildman–Crippen LogP) is 4.49. The van der Waals surface area contributed by atoms with E-state index in [9.17, 15) is 18.8 Å². The Hall–Kier alpha value is -3.13. The average Bonchev–Trinajstić information content (AvgIpc) is 2.85. The summed E-state index contributed by atoms with van der Waals surface area (Å²) in [4.78, 5) is 37.8. The van der Waals surface area contributed by atoms with Gasteiger partial charge in [-0.05, 0) is 94.3 Å². The van der Waals surface area contributed by atoms with Crippen LogP contribution in [0, 0.1) is 11.7 Å². The third-order valence-corrected chi connectivity index (χ3v) is 6.58. The van der Waals surface area contributed by atoms with Crippen LogP contribution in [0.1, 0.15) is 66.7 Å². The monoisotopic (exact) mass is 517 g/mol. The van der Waals surface area contributed by atoms with Crippen molar-refractivity contribution in [1.29, 1.82) is 0 Å². The molecule has 0 aromatic heterocycles. The SMILES string of the molecule is CNC(=O)C(CC1CCC(NC(=O)c2ccc(F)cc2)CC1)NC(=O)c1ccc(OC(C)C)c(Cl)c1. The Kier molecular flexibility index (Phi) is 9.70. The predicted molar refractivity (Wildman–Crippen MR) is 137 cm³/mol. The average molecular weight is 518 g/mol. The third kappa shape index (κ3) is 7.68. The molecule has 0 radical (unpaired) electrons. The lowest BCUT2D eigenvalue weighted by molar-refractivity contribution is -0.123. The van der Waals surface area contributed by atoms with Crippen LogP contribution in [-0.2, 0) is 4.79 Å². The summed E-state index contributed by atoms with van der Waals surface area (Å²) in [7, 11) is 1.54. The normalized spacial score (nSPS) is 18.3. The van der Waals surface area contributed by atoms with Crippen molar-refractivity contribution in [1.82, 2.24) is 16.0 Å². The standard InChI is InChI=1S/C27H33ClFN3O4/c1-16(2)36-24-13-8-19(15-22(24)28)26(34)32-23(27(35)30-3)14-17-4-11-21(12-5-17)31-25(33)18-6-9-20(29)10-7-18/h6-10,13,15-17,21,23H,4-5,11-12,14H2,1-3H3,(H,30,35)(H,31,33)(H,32,34). The van der Waals surface area contributed by atoms with E-state index < -0.39 is 6.04 Å². The van der Waals surface area contributed by atoms with Crippen LogP contribution >= 0.6 is 11.6 Å². The number of nitrogens with one attached hydrogen (secondary N) is 3. The number of hydrogen-bond acceptors (Lipinski definition) is 4. The number of hydrogen-bond donors (Lipinski definition) is 3. The lowest BCUT2D eigenvalue weighted by Crippen LogP contribution is -2.47. The molecule has 1 atom stereocenters. The summed E-state index contributed by atoms with van der Waals surface area (Å²) >= 11 is 6.26. The van der Waals surface area contributed by atoms with Crippen molar-refractivity contribution in [2.45, 2.75) is 64.1 Å². The van der Waals surface area contributed by atoms with E-state index >= 15 is 0 Å². The molecular weight excluding hydrogens is 485 g/mol. The largest absolute Gasteiger partial charge is 0.489 e. The Morgan fingerprint density at radius 2 is 1.64 bits per heavy atom. The van der Waals surface area contributed by atoms with Gasteiger partial charge in [-0.25, -0.2) is 4.39 Å². The fourth-order valence-electron chi connectivity index (χ4n) is 4.38. The van der Waals surface area contributed by atoms with Gasteiger partial charge in [-0.2, -0.15) is 0 Å². The summed E-state index contributed by atoms with van der Waals surface area (Å²) in [6.07, 6.45) is 3.59. The van der Waals surface area contributed by atoms with E-state index in [0.29, 0.717) is 28.3 Å². The highest BCUT2D eigenvalue weighted by atomic mass is 35.5. The van der Waals surface area contributed by atoms with E-state index in [2.05, 4.69) is 16.0 Å². The van der Waals surface area contributed by atoms with Gasteiger partial charge in [0.2, 0.25) is 5.91 Å². The van der Waals surface area contributed by atoms with Gasteiger partial charge in [0.15, 0.2) is 0 Å². The zero-order valence-electron chi connectivity index (χ0n) is 20.8. The molecule has 1 aliphatic carbocycles. The van der Waals surface area contributed by atoms with Gasteiger partial charge in [0.1, 0.15) is 17.6 Å². The molecule has 1 saturated carbocycles. The molecule has 9 heteroatoms. The molecule has 0 aliphatic heterocycles. The molecule has 1 unspecified atom stereocenters. The van der Waals surface area contributed by atoms with Crippen LogP contribution < -0.4 is 20.7 Å². The van der Waals surface area contributed by atoms with Gasteiger partial charge >= 0.3 is 0 Å². The summed E-state index contributed by atoms with van der Waals surface area (Å²) in [5.41, 5.74) is 0.766. The maximum atomic E-state index is 13.1. The number of benzene rings is 2. The molecule has 3 amide bonds. The first kappa shape index (κ1) is 27.5.